The monoisotopic (exact) mass is 495 g/mol. The number of carboxylic acids is 1. The molecule has 1 atom stereocenters. The van der Waals surface area contributed by atoms with E-state index in [1.807, 2.05) is 49.4 Å². The largest absolute Gasteiger partial charge is 0.481 e. The second-order valence-electron chi connectivity index (χ2n) is 9.01. The lowest BCUT2D eigenvalue weighted by molar-refractivity contribution is -0.137. The van der Waals surface area contributed by atoms with Crippen LogP contribution in [0, 0.1) is 0 Å². The summed E-state index contributed by atoms with van der Waals surface area (Å²) < 4.78 is 5.96. The first-order valence-electron chi connectivity index (χ1n) is 12.2. The number of Topliss-reactive ketones (excluding diaryl/α,β-unsaturated/α-hetero) is 1. The Kier molecular flexibility index (Phi) is 7.98. The van der Waals surface area contributed by atoms with Gasteiger partial charge in [0.15, 0.2) is 5.78 Å². The quantitative estimate of drug-likeness (QED) is 0.238. The fraction of sp³-hybridized carbons (Fsp3) is 0.194. The number of ketones is 1. The summed E-state index contributed by atoms with van der Waals surface area (Å²) in [5.74, 6) is -0.149. The van der Waals surface area contributed by atoms with E-state index < -0.39 is 5.97 Å². The molecule has 0 heterocycles. The molecule has 0 aliphatic heterocycles. The normalized spacial score (nSPS) is 11.6. The molecule has 1 amide bonds. The molecule has 0 radical (unpaired) electrons. The fourth-order valence-electron chi connectivity index (χ4n) is 4.35. The number of aryl methyl sites for hydroxylation is 1. The van der Waals surface area contributed by atoms with Gasteiger partial charge in [-0.3, -0.25) is 14.4 Å². The number of ether oxygens (including phenoxy) is 1. The topological polar surface area (TPSA) is 92.7 Å². The molecule has 6 nitrogen and oxygen atoms in total. The number of fused-ring (bicyclic) bond motifs is 1. The average Bonchev–Trinajstić information content (AvgIpc) is 2.89. The van der Waals surface area contributed by atoms with Gasteiger partial charge in [-0.05, 0) is 85.0 Å². The minimum absolute atomic E-state index is 0.0220. The van der Waals surface area contributed by atoms with Crippen LogP contribution in [0.5, 0.6) is 11.5 Å². The predicted molar refractivity (Wildman–Crippen MR) is 143 cm³/mol. The molecule has 0 aliphatic carbocycles. The van der Waals surface area contributed by atoms with Gasteiger partial charge >= 0.3 is 5.97 Å². The molecule has 0 aromatic heterocycles. The van der Waals surface area contributed by atoms with Crippen molar-refractivity contribution in [2.24, 2.45) is 0 Å². The van der Waals surface area contributed by atoms with Gasteiger partial charge < -0.3 is 15.2 Å². The number of carbonyl (C=O) groups excluding carboxylic acids is 2. The number of aliphatic carboxylic acids is 1. The maximum absolute atomic E-state index is 13.5. The Bertz CT molecular complexity index is 1440. The fourth-order valence-corrected chi connectivity index (χ4v) is 4.35. The van der Waals surface area contributed by atoms with Gasteiger partial charge in [0.05, 0.1) is 6.04 Å². The summed E-state index contributed by atoms with van der Waals surface area (Å²) in [4.78, 5) is 36.0. The molecule has 2 N–H and O–H groups in total. The summed E-state index contributed by atoms with van der Waals surface area (Å²) in [7, 11) is 0. The van der Waals surface area contributed by atoms with E-state index in [1.54, 1.807) is 42.5 Å². The van der Waals surface area contributed by atoms with Crippen molar-refractivity contribution in [3.05, 3.63) is 107 Å². The van der Waals surface area contributed by atoms with Crippen LogP contribution in [-0.2, 0) is 11.2 Å². The summed E-state index contributed by atoms with van der Waals surface area (Å²) in [6.07, 6.45) is 0.890. The van der Waals surface area contributed by atoms with Gasteiger partial charge in [-0.1, -0.05) is 48.5 Å². The summed E-state index contributed by atoms with van der Waals surface area (Å²) in [6.45, 7) is 3.45. The number of hydrogen-bond acceptors (Lipinski definition) is 4. The van der Waals surface area contributed by atoms with Crippen molar-refractivity contribution < 1.29 is 24.2 Å². The van der Waals surface area contributed by atoms with Gasteiger partial charge in [-0.2, -0.15) is 0 Å². The van der Waals surface area contributed by atoms with E-state index in [9.17, 15) is 14.4 Å². The highest BCUT2D eigenvalue weighted by atomic mass is 16.5. The number of nitrogens with one attached hydrogen (secondary N) is 1. The van der Waals surface area contributed by atoms with E-state index in [0.29, 0.717) is 35.5 Å². The molecule has 0 bridgehead atoms. The third kappa shape index (κ3) is 6.41. The molecule has 4 aromatic rings. The van der Waals surface area contributed by atoms with E-state index >= 15 is 0 Å². The van der Waals surface area contributed by atoms with Gasteiger partial charge in [0.2, 0.25) is 0 Å². The summed E-state index contributed by atoms with van der Waals surface area (Å²) in [6, 6.07) is 25.9. The second kappa shape index (κ2) is 11.5. The third-order valence-corrected chi connectivity index (χ3v) is 6.30. The van der Waals surface area contributed by atoms with Crippen LogP contribution >= 0.6 is 0 Å². The lowest BCUT2D eigenvalue weighted by atomic mass is 9.98. The molecule has 188 valence electrons. The zero-order valence-corrected chi connectivity index (χ0v) is 20.9. The van der Waals surface area contributed by atoms with Crippen molar-refractivity contribution in [2.75, 3.05) is 0 Å². The van der Waals surface area contributed by atoms with Crippen LogP contribution in [0.3, 0.4) is 0 Å². The van der Waals surface area contributed by atoms with E-state index in [2.05, 4.69) is 5.32 Å². The molecule has 6 heteroatoms. The number of carboxylic acid groups (broad SMARTS) is 1. The first kappa shape index (κ1) is 25.6. The zero-order valence-electron chi connectivity index (χ0n) is 20.9. The van der Waals surface area contributed by atoms with Crippen LogP contribution in [0.1, 0.15) is 64.6 Å². The molecule has 0 unspecified atom stereocenters. The number of hydrogen-bond donors (Lipinski definition) is 2. The maximum atomic E-state index is 13.5. The summed E-state index contributed by atoms with van der Waals surface area (Å²) >= 11 is 0. The maximum Gasteiger partial charge on any atom is 0.303 e. The Morgan fingerprint density at radius 1 is 0.892 bits per heavy atom. The van der Waals surface area contributed by atoms with Gasteiger partial charge in [-0.15, -0.1) is 0 Å². The van der Waals surface area contributed by atoms with Crippen molar-refractivity contribution >= 4 is 28.4 Å². The van der Waals surface area contributed by atoms with Crippen LogP contribution in [-0.4, -0.2) is 22.8 Å². The van der Waals surface area contributed by atoms with Crippen molar-refractivity contribution in [1.29, 1.82) is 0 Å². The molecular formula is C31H29NO5. The highest BCUT2D eigenvalue weighted by Gasteiger charge is 2.18. The first-order chi connectivity index (χ1) is 17.8. The minimum Gasteiger partial charge on any atom is -0.481 e. The van der Waals surface area contributed by atoms with E-state index in [-0.39, 0.29) is 24.2 Å². The predicted octanol–water partition coefficient (Wildman–Crippen LogP) is 6.73. The lowest BCUT2D eigenvalue weighted by Crippen LogP contribution is -2.27. The second-order valence-corrected chi connectivity index (χ2v) is 9.01. The highest BCUT2D eigenvalue weighted by Crippen LogP contribution is 2.28. The molecule has 0 fully saturated rings. The number of amides is 1. The van der Waals surface area contributed by atoms with Gasteiger partial charge in [0, 0.05) is 17.5 Å². The molecule has 0 saturated carbocycles. The number of benzene rings is 4. The van der Waals surface area contributed by atoms with Crippen molar-refractivity contribution in [2.45, 2.75) is 39.2 Å². The molecule has 0 aliphatic rings. The molecule has 4 aromatic carbocycles. The highest BCUT2D eigenvalue weighted by molar-refractivity contribution is 5.97. The Morgan fingerprint density at radius 2 is 1.59 bits per heavy atom. The smallest absolute Gasteiger partial charge is 0.303 e. The summed E-state index contributed by atoms with van der Waals surface area (Å²) in [5.41, 5.74) is 2.79. The van der Waals surface area contributed by atoms with Crippen molar-refractivity contribution in [1.82, 2.24) is 5.32 Å². The van der Waals surface area contributed by atoms with Crippen LogP contribution in [0.2, 0.25) is 0 Å². The standard InChI is InChI=1S/C31H29NO5/c1-20(27-11-5-8-23-7-3-4-10-28(23)27)32-31(36)29-19-26(18-15-24(29)9-6-12-30(34)35)37-25-16-13-22(14-17-25)21(2)33/h3-5,7-8,10-11,13-20H,6,9,12H2,1-2H3,(H,32,36)(H,34,35)/t20-/m1/s1. The van der Waals surface area contributed by atoms with E-state index in [1.165, 1.54) is 6.92 Å². The Labute approximate surface area is 215 Å². The van der Waals surface area contributed by atoms with Crippen molar-refractivity contribution in [3.63, 3.8) is 0 Å². The van der Waals surface area contributed by atoms with Crippen LogP contribution < -0.4 is 10.1 Å². The number of rotatable bonds is 10. The van der Waals surface area contributed by atoms with Crippen LogP contribution in [0.4, 0.5) is 0 Å². The zero-order chi connectivity index (χ0) is 26.4. The van der Waals surface area contributed by atoms with Gasteiger partial charge in [-0.25, -0.2) is 0 Å². The average molecular weight is 496 g/mol. The summed E-state index contributed by atoms with van der Waals surface area (Å²) in [5, 5.41) is 14.3. The third-order valence-electron chi connectivity index (χ3n) is 6.30. The SMILES string of the molecule is CC(=O)c1ccc(Oc2ccc(CCCC(=O)O)c(C(=O)N[C@H](C)c3cccc4ccccc34)c2)cc1. The van der Waals surface area contributed by atoms with Crippen LogP contribution in [0.15, 0.2) is 84.9 Å². The molecular weight excluding hydrogens is 466 g/mol. The van der Waals surface area contributed by atoms with Crippen LogP contribution in [0.25, 0.3) is 10.8 Å². The molecule has 4 rings (SSSR count). The molecule has 0 saturated heterocycles. The van der Waals surface area contributed by atoms with Gasteiger partial charge in [0.1, 0.15) is 11.5 Å². The Morgan fingerprint density at radius 3 is 2.32 bits per heavy atom. The first-order valence-corrected chi connectivity index (χ1v) is 12.2. The van der Waals surface area contributed by atoms with Gasteiger partial charge in [0.25, 0.3) is 5.91 Å². The Hall–Kier alpha value is -4.45. The van der Waals surface area contributed by atoms with E-state index in [0.717, 1.165) is 21.9 Å². The minimum atomic E-state index is -0.871. The lowest BCUT2D eigenvalue weighted by Gasteiger charge is -2.19. The Balaban J connectivity index is 1.59. The molecule has 37 heavy (non-hydrogen) atoms. The number of carbonyl (C=O) groups is 3. The van der Waals surface area contributed by atoms with Crippen molar-refractivity contribution in [3.8, 4) is 11.5 Å². The molecule has 0 spiro atoms. The van der Waals surface area contributed by atoms with E-state index in [4.69, 9.17) is 9.84 Å².